The molecule has 0 unspecified atom stereocenters. The fraction of sp³-hybridized carbons (Fsp3) is 0.182. The van der Waals surface area contributed by atoms with Crippen molar-refractivity contribution in [1.29, 1.82) is 0 Å². The normalized spacial score (nSPS) is 9.94. The Morgan fingerprint density at radius 1 is 1.35 bits per heavy atom. The molecule has 6 nitrogen and oxygen atoms in total. The number of carbonyl (C=O) groups excluding carboxylic acids is 1. The molecule has 88 valence electrons. The van der Waals surface area contributed by atoms with Crippen LogP contribution in [0.5, 0.6) is 5.75 Å². The lowest BCUT2D eigenvalue weighted by molar-refractivity contribution is -0.142. The van der Waals surface area contributed by atoms with Crippen molar-refractivity contribution in [3.05, 3.63) is 36.9 Å². The van der Waals surface area contributed by atoms with Crippen molar-refractivity contribution in [1.82, 2.24) is 14.8 Å². The molecule has 0 fully saturated rings. The summed E-state index contributed by atoms with van der Waals surface area (Å²) in [6.07, 6.45) is 3.17. The molecule has 0 aliphatic carbocycles. The minimum Gasteiger partial charge on any atom is -0.482 e. The number of aromatic nitrogens is 3. The average molecular weight is 233 g/mol. The van der Waals surface area contributed by atoms with E-state index in [4.69, 9.17) is 4.74 Å². The van der Waals surface area contributed by atoms with Gasteiger partial charge in [-0.3, -0.25) is 4.57 Å². The van der Waals surface area contributed by atoms with Crippen LogP contribution in [0, 0.1) is 0 Å². The predicted molar refractivity (Wildman–Crippen MR) is 58.9 cm³/mol. The quantitative estimate of drug-likeness (QED) is 0.731. The first-order valence-electron chi connectivity index (χ1n) is 4.94. The van der Waals surface area contributed by atoms with Gasteiger partial charge in [-0.2, -0.15) is 0 Å². The number of rotatable bonds is 4. The van der Waals surface area contributed by atoms with Gasteiger partial charge in [0.05, 0.1) is 12.8 Å². The second-order valence-electron chi connectivity index (χ2n) is 3.23. The van der Waals surface area contributed by atoms with Crippen LogP contribution >= 0.6 is 0 Å². The van der Waals surface area contributed by atoms with Gasteiger partial charge in [-0.25, -0.2) is 4.79 Å². The predicted octanol–water partition coefficient (Wildman–Crippen LogP) is 0.819. The molecule has 17 heavy (non-hydrogen) atoms. The molecule has 1 aromatic carbocycles. The number of esters is 1. The second-order valence-corrected chi connectivity index (χ2v) is 3.23. The van der Waals surface area contributed by atoms with Crippen molar-refractivity contribution < 1.29 is 14.3 Å². The summed E-state index contributed by atoms with van der Waals surface area (Å²) in [7, 11) is 1.32. The maximum Gasteiger partial charge on any atom is 0.343 e. The van der Waals surface area contributed by atoms with Crippen LogP contribution in [0.25, 0.3) is 5.69 Å². The van der Waals surface area contributed by atoms with Crippen LogP contribution in [0.2, 0.25) is 0 Å². The van der Waals surface area contributed by atoms with Crippen molar-refractivity contribution in [3.8, 4) is 11.4 Å². The minimum atomic E-state index is -0.417. The SMILES string of the molecule is COC(=O)COc1cccc(-n2cnnc2)c1. The molecule has 1 aromatic heterocycles. The summed E-state index contributed by atoms with van der Waals surface area (Å²) in [5, 5.41) is 7.43. The van der Waals surface area contributed by atoms with E-state index in [1.807, 2.05) is 12.1 Å². The fourth-order valence-electron chi connectivity index (χ4n) is 1.27. The van der Waals surface area contributed by atoms with Gasteiger partial charge in [0.15, 0.2) is 6.61 Å². The molecule has 0 saturated heterocycles. The number of ether oxygens (including phenoxy) is 2. The highest BCUT2D eigenvalue weighted by atomic mass is 16.6. The van der Waals surface area contributed by atoms with E-state index in [1.165, 1.54) is 7.11 Å². The van der Waals surface area contributed by atoms with Gasteiger partial charge in [0, 0.05) is 6.07 Å². The summed E-state index contributed by atoms with van der Waals surface area (Å²) in [6, 6.07) is 7.25. The van der Waals surface area contributed by atoms with Crippen molar-refractivity contribution >= 4 is 5.97 Å². The number of hydrogen-bond donors (Lipinski definition) is 0. The van der Waals surface area contributed by atoms with Crippen LogP contribution in [-0.2, 0) is 9.53 Å². The van der Waals surface area contributed by atoms with Crippen LogP contribution < -0.4 is 4.74 Å². The highest BCUT2D eigenvalue weighted by molar-refractivity contribution is 5.70. The van der Waals surface area contributed by atoms with Crippen molar-refractivity contribution in [2.75, 3.05) is 13.7 Å². The molecular weight excluding hydrogens is 222 g/mol. The second kappa shape index (κ2) is 5.11. The molecule has 0 amide bonds. The van der Waals surface area contributed by atoms with Crippen molar-refractivity contribution in [3.63, 3.8) is 0 Å². The van der Waals surface area contributed by atoms with E-state index in [0.717, 1.165) is 5.69 Å². The minimum absolute atomic E-state index is 0.109. The number of methoxy groups -OCH3 is 1. The van der Waals surface area contributed by atoms with Gasteiger partial charge in [-0.05, 0) is 12.1 Å². The van der Waals surface area contributed by atoms with E-state index in [9.17, 15) is 4.79 Å². The first-order valence-corrected chi connectivity index (χ1v) is 4.94. The standard InChI is InChI=1S/C11H11N3O3/c1-16-11(15)6-17-10-4-2-3-9(5-10)14-7-12-13-8-14/h2-5,7-8H,6H2,1H3. The first kappa shape index (κ1) is 11.1. The van der Waals surface area contributed by atoms with Gasteiger partial charge < -0.3 is 9.47 Å². The van der Waals surface area contributed by atoms with Gasteiger partial charge in [0.1, 0.15) is 18.4 Å². The Labute approximate surface area is 97.8 Å². The smallest absolute Gasteiger partial charge is 0.343 e. The first-order chi connectivity index (χ1) is 8.29. The third-order valence-corrected chi connectivity index (χ3v) is 2.12. The third-order valence-electron chi connectivity index (χ3n) is 2.12. The lowest BCUT2D eigenvalue weighted by atomic mass is 10.3. The molecule has 0 radical (unpaired) electrons. The van der Waals surface area contributed by atoms with Crippen LogP contribution in [0.1, 0.15) is 0 Å². The lowest BCUT2D eigenvalue weighted by Crippen LogP contribution is -2.12. The summed E-state index contributed by atoms with van der Waals surface area (Å²) in [5.41, 5.74) is 0.859. The zero-order valence-electron chi connectivity index (χ0n) is 9.24. The maximum atomic E-state index is 10.9. The molecule has 1 heterocycles. The zero-order chi connectivity index (χ0) is 12.1. The molecule has 0 N–H and O–H groups in total. The molecule has 0 saturated carbocycles. The Kier molecular flexibility index (Phi) is 3.34. The van der Waals surface area contributed by atoms with Crippen molar-refractivity contribution in [2.24, 2.45) is 0 Å². The van der Waals surface area contributed by atoms with Gasteiger partial charge in [-0.1, -0.05) is 6.07 Å². The lowest BCUT2D eigenvalue weighted by Gasteiger charge is -2.06. The highest BCUT2D eigenvalue weighted by Crippen LogP contribution is 2.16. The number of benzene rings is 1. The average Bonchev–Trinajstić information content (AvgIpc) is 2.90. The molecule has 2 rings (SSSR count). The third kappa shape index (κ3) is 2.81. The molecular formula is C11H11N3O3. The highest BCUT2D eigenvalue weighted by Gasteiger charge is 2.03. The van der Waals surface area contributed by atoms with Crippen LogP contribution in [0.15, 0.2) is 36.9 Å². The zero-order valence-corrected chi connectivity index (χ0v) is 9.24. The Morgan fingerprint density at radius 2 is 2.12 bits per heavy atom. The van der Waals surface area contributed by atoms with E-state index in [0.29, 0.717) is 5.75 Å². The van der Waals surface area contributed by atoms with Gasteiger partial charge in [0.25, 0.3) is 0 Å². The largest absolute Gasteiger partial charge is 0.482 e. The summed E-state index contributed by atoms with van der Waals surface area (Å²) in [4.78, 5) is 10.9. The Bertz CT molecular complexity index is 496. The number of nitrogens with zero attached hydrogens (tertiary/aromatic N) is 3. The fourth-order valence-corrected chi connectivity index (χ4v) is 1.27. The number of hydrogen-bond acceptors (Lipinski definition) is 5. The number of carbonyl (C=O) groups is 1. The van der Waals surface area contributed by atoms with Gasteiger partial charge >= 0.3 is 5.97 Å². The molecule has 0 atom stereocenters. The summed E-state index contributed by atoms with van der Waals surface area (Å²) in [6.45, 7) is -0.109. The van der Waals surface area contributed by atoms with E-state index in [2.05, 4.69) is 14.9 Å². The topological polar surface area (TPSA) is 66.2 Å². The van der Waals surface area contributed by atoms with E-state index in [-0.39, 0.29) is 6.61 Å². The summed E-state index contributed by atoms with van der Waals surface area (Å²) >= 11 is 0. The Balaban J connectivity index is 2.09. The molecule has 6 heteroatoms. The van der Waals surface area contributed by atoms with E-state index >= 15 is 0 Å². The van der Waals surface area contributed by atoms with Crippen molar-refractivity contribution in [2.45, 2.75) is 0 Å². The molecule has 2 aromatic rings. The molecule has 0 aliphatic rings. The molecule has 0 bridgehead atoms. The Hall–Kier alpha value is -2.37. The maximum absolute atomic E-state index is 10.9. The van der Waals surface area contributed by atoms with Gasteiger partial charge in [0.2, 0.25) is 0 Å². The molecule has 0 spiro atoms. The van der Waals surface area contributed by atoms with Gasteiger partial charge in [-0.15, -0.1) is 10.2 Å². The summed E-state index contributed by atoms with van der Waals surface area (Å²) < 4.78 is 11.5. The van der Waals surface area contributed by atoms with E-state index < -0.39 is 5.97 Å². The van der Waals surface area contributed by atoms with Crippen LogP contribution in [0.4, 0.5) is 0 Å². The summed E-state index contributed by atoms with van der Waals surface area (Å²) in [5.74, 6) is 0.168. The monoisotopic (exact) mass is 233 g/mol. The van der Waals surface area contributed by atoms with Crippen LogP contribution in [0.3, 0.4) is 0 Å². The Morgan fingerprint density at radius 3 is 2.82 bits per heavy atom. The van der Waals surface area contributed by atoms with E-state index in [1.54, 1.807) is 29.4 Å². The van der Waals surface area contributed by atoms with Crippen LogP contribution in [-0.4, -0.2) is 34.5 Å². The molecule has 0 aliphatic heterocycles.